The maximum atomic E-state index is 10.7. The van der Waals surface area contributed by atoms with Gasteiger partial charge in [-0.05, 0) is 26.2 Å². The minimum absolute atomic E-state index is 0. The average Bonchev–Trinajstić information content (AvgIpc) is 2.29. The van der Waals surface area contributed by atoms with Gasteiger partial charge in [-0.15, -0.1) is 0 Å². The van der Waals surface area contributed by atoms with E-state index in [9.17, 15) is 18.1 Å². The number of hydrogen-bond acceptors (Lipinski definition) is 4. The summed E-state index contributed by atoms with van der Waals surface area (Å²) in [4.78, 5) is 0. The van der Waals surface area contributed by atoms with Crippen molar-refractivity contribution in [1.29, 1.82) is 0 Å². The Morgan fingerprint density at radius 3 is 1.95 bits per heavy atom. The van der Waals surface area contributed by atoms with Gasteiger partial charge in [0.15, 0.2) is 0 Å². The van der Waals surface area contributed by atoms with Crippen molar-refractivity contribution in [2.24, 2.45) is 0 Å². The molecule has 0 radical (unpaired) electrons. The van der Waals surface area contributed by atoms with Crippen LogP contribution in [0.15, 0.2) is 0 Å². The van der Waals surface area contributed by atoms with Crippen LogP contribution in [0, 0.1) is 0 Å². The van der Waals surface area contributed by atoms with Crippen LogP contribution in [0.4, 0.5) is 0 Å². The molecule has 6 heteroatoms. The zero-order valence-corrected chi connectivity index (χ0v) is 16.5. The molecule has 0 spiro atoms. The Bertz CT molecular complexity index is 293. The molecule has 0 aromatic heterocycles. The SMILES string of the molecule is CCCCC(O)CCCCCCC(C)S(=O)(=O)[O-].[K+]. The Kier molecular flexibility index (Phi) is 15.8. The summed E-state index contributed by atoms with van der Waals surface area (Å²) in [5.41, 5.74) is 0. The second-order valence-electron chi connectivity index (χ2n) is 5.09. The number of hydrogen-bond donors (Lipinski definition) is 1. The molecule has 1 N–H and O–H groups in total. The standard InChI is InChI=1S/C13H28O4S.K/c1-3-4-10-13(14)11-8-6-5-7-9-12(2)18(15,16)17;/h12-14H,3-11H2,1-2H3,(H,15,16,17);/q;+1/p-1. The third-order valence-corrected chi connectivity index (χ3v) is 4.50. The molecule has 0 saturated heterocycles. The van der Waals surface area contributed by atoms with Crippen LogP contribution >= 0.6 is 0 Å². The zero-order valence-electron chi connectivity index (χ0n) is 12.6. The van der Waals surface area contributed by atoms with Crippen LogP contribution in [0.3, 0.4) is 0 Å². The fraction of sp³-hybridized carbons (Fsp3) is 1.00. The fourth-order valence-corrected chi connectivity index (χ4v) is 2.35. The predicted molar refractivity (Wildman–Crippen MR) is 72.4 cm³/mol. The molecule has 110 valence electrons. The average molecular weight is 319 g/mol. The van der Waals surface area contributed by atoms with E-state index in [0.717, 1.165) is 51.4 Å². The molecular formula is C13H27KO4S. The van der Waals surface area contributed by atoms with E-state index >= 15 is 0 Å². The molecule has 0 amide bonds. The van der Waals surface area contributed by atoms with Crippen molar-refractivity contribution in [3.63, 3.8) is 0 Å². The minimum atomic E-state index is -4.11. The molecule has 2 atom stereocenters. The number of rotatable bonds is 11. The Morgan fingerprint density at radius 1 is 1.00 bits per heavy atom. The smallest absolute Gasteiger partial charge is 0.748 e. The molecule has 4 nitrogen and oxygen atoms in total. The molecule has 0 bridgehead atoms. The van der Waals surface area contributed by atoms with Gasteiger partial charge in [-0.1, -0.05) is 45.4 Å². The van der Waals surface area contributed by atoms with E-state index in [1.807, 2.05) is 0 Å². The first-order chi connectivity index (χ1) is 8.38. The number of aliphatic hydroxyl groups is 1. The first-order valence-corrected chi connectivity index (χ1v) is 8.47. The van der Waals surface area contributed by atoms with Gasteiger partial charge in [0.2, 0.25) is 0 Å². The van der Waals surface area contributed by atoms with E-state index < -0.39 is 15.4 Å². The van der Waals surface area contributed by atoms with E-state index in [1.165, 1.54) is 6.92 Å². The van der Waals surface area contributed by atoms with Gasteiger partial charge in [0.25, 0.3) is 0 Å². The molecule has 0 aliphatic rings. The molecule has 0 fully saturated rings. The molecule has 0 aromatic rings. The van der Waals surface area contributed by atoms with Crippen LogP contribution < -0.4 is 51.4 Å². The van der Waals surface area contributed by atoms with Crippen molar-refractivity contribution in [2.75, 3.05) is 0 Å². The third kappa shape index (κ3) is 14.2. The summed E-state index contributed by atoms with van der Waals surface area (Å²) in [5, 5.41) is 8.84. The summed E-state index contributed by atoms with van der Waals surface area (Å²) in [5.74, 6) is 0. The summed E-state index contributed by atoms with van der Waals surface area (Å²) in [6.07, 6.45) is 7.82. The van der Waals surface area contributed by atoms with E-state index in [1.54, 1.807) is 0 Å². The van der Waals surface area contributed by atoms with E-state index in [4.69, 9.17) is 0 Å². The monoisotopic (exact) mass is 318 g/mol. The largest absolute Gasteiger partial charge is 1.00 e. The van der Waals surface area contributed by atoms with Crippen molar-refractivity contribution in [3.05, 3.63) is 0 Å². The van der Waals surface area contributed by atoms with Gasteiger partial charge in [-0.25, -0.2) is 8.42 Å². The first-order valence-electron chi connectivity index (χ1n) is 7.00. The van der Waals surface area contributed by atoms with Crippen molar-refractivity contribution in [2.45, 2.75) is 83.0 Å². The predicted octanol–water partition coefficient (Wildman–Crippen LogP) is -0.184. The van der Waals surface area contributed by atoms with E-state index in [2.05, 4.69) is 6.92 Å². The van der Waals surface area contributed by atoms with Gasteiger partial charge in [0.05, 0.1) is 16.2 Å². The van der Waals surface area contributed by atoms with Crippen LogP contribution in [0.2, 0.25) is 0 Å². The molecule has 19 heavy (non-hydrogen) atoms. The van der Waals surface area contributed by atoms with Gasteiger partial charge in [0.1, 0.15) is 0 Å². The van der Waals surface area contributed by atoms with Gasteiger partial charge >= 0.3 is 51.4 Å². The maximum Gasteiger partial charge on any atom is 1.00 e. The summed E-state index contributed by atoms with van der Waals surface area (Å²) in [7, 11) is -4.11. The summed E-state index contributed by atoms with van der Waals surface area (Å²) in [6, 6.07) is 0. The van der Waals surface area contributed by atoms with Crippen molar-refractivity contribution >= 4 is 10.1 Å². The Morgan fingerprint density at radius 2 is 1.47 bits per heavy atom. The minimum Gasteiger partial charge on any atom is -0.748 e. The molecular weight excluding hydrogens is 291 g/mol. The van der Waals surface area contributed by atoms with Gasteiger partial charge in [-0.3, -0.25) is 0 Å². The zero-order chi connectivity index (χ0) is 14.0. The van der Waals surface area contributed by atoms with E-state index in [-0.39, 0.29) is 57.5 Å². The second kappa shape index (κ2) is 13.2. The third-order valence-electron chi connectivity index (χ3n) is 3.28. The normalized spacial score (nSPS) is 14.7. The van der Waals surface area contributed by atoms with Crippen molar-refractivity contribution in [1.82, 2.24) is 0 Å². The molecule has 0 heterocycles. The van der Waals surface area contributed by atoms with Crippen molar-refractivity contribution in [3.8, 4) is 0 Å². The Hall–Kier alpha value is 1.51. The van der Waals surface area contributed by atoms with Crippen LogP contribution in [-0.2, 0) is 10.1 Å². The Balaban J connectivity index is 0. The van der Waals surface area contributed by atoms with Crippen LogP contribution in [0.5, 0.6) is 0 Å². The van der Waals surface area contributed by atoms with Gasteiger partial charge in [0, 0.05) is 5.25 Å². The van der Waals surface area contributed by atoms with Gasteiger partial charge in [-0.2, -0.15) is 0 Å². The van der Waals surface area contributed by atoms with Crippen LogP contribution in [0.25, 0.3) is 0 Å². The Labute approximate surface area is 160 Å². The molecule has 0 aliphatic heterocycles. The topological polar surface area (TPSA) is 77.4 Å². The molecule has 2 unspecified atom stereocenters. The van der Waals surface area contributed by atoms with Crippen LogP contribution in [-0.4, -0.2) is 29.4 Å². The van der Waals surface area contributed by atoms with Gasteiger partial charge < -0.3 is 9.66 Å². The fourth-order valence-electron chi connectivity index (χ4n) is 1.89. The first kappa shape index (κ1) is 22.8. The van der Waals surface area contributed by atoms with Crippen molar-refractivity contribution < 1.29 is 69.5 Å². The number of unbranched alkanes of at least 4 members (excludes halogenated alkanes) is 4. The number of aliphatic hydroxyl groups excluding tert-OH is 1. The molecule has 0 saturated carbocycles. The van der Waals surface area contributed by atoms with Crippen LogP contribution in [0.1, 0.15) is 71.6 Å². The molecule has 0 aliphatic carbocycles. The quantitative estimate of drug-likeness (QED) is 0.326. The second-order valence-corrected chi connectivity index (χ2v) is 6.88. The summed E-state index contributed by atoms with van der Waals surface area (Å²) >= 11 is 0. The summed E-state index contributed by atoms with van der Waals surface area (Å²) in [6.45, 7) is 3.58. The van der Waals surface area contributed by atoms with E-state index in [0.29, 0.717) is 6.42 Å². The molecule has 0 rings (SSSR count). The molecule has 0 aromatic carbocycles. The maximum absolute atomic E-state index is 10.7. The summed E-state index contributed by atoms with van der Waals surface area (Å²) < 4.78 is 32.0.